The standard InChI is InChI=1S/C11H10O2S/c1-6-3-8-5-10(11(12)13)14-9(8)4-7(6)2/h3-5H,1-2H3,(H,12,13). The van der Waals surface area contributed by atoms with Crippen molar-refractivity contribution in [1.29, 1.82) is 0 Å². The van der Waals surface area contributed by atoms with Gasteiger partial charge in [-0.3, -0.25) is 0 Å². The molecule has 0 bridgehead atoms. The van der Waals surface area contributed by atoms with Gasteiger partial charge in [0.05, 0.1) is 0 Å². The molecule has 0 aliphatic rings. The van der Waals surface area contributed by atoms with Gasteiger partial charge >= 0.3 is 5.97 Å². The molecule has 0 spiro atoms. The number of rotatable bonds is 1. The zero-order valence-corrected chi connectivity index (χ0v) is 8.81. The predicted molar refractivity (Wildman–Crippen MR) is 58.3 cm³/mol. The van der Waals surface area contributed by atoms with E-state index in [0.29, 0.717) is 4.88 Å². The molecule has 0 unspecified atom stereocenters. The number of carbonyl (C=O) groups is 1. The van der Waals surface area contributed by atoms with Crippen LogP contribution in [0.3, 0.4) is 0 Å². The van der Waals surface area contributed by atoms with E-state index in [-0.39, 0.29) is 0 Å². The lowest BCUT2D eigenvalue weighted by molar-refractivity contribution is 0.0702. The molecule has 0 atom stereocenters. The summed E-state index contributed by atoms with van der Waals surface area (Å²) < 4.78 is 1.05. The minimum Gasteiger partial charge on any atom is -0.477 e. The molecular formula is C11H10O2S. The summed E-state index contributed by atoms with van der Waals surface area (Å²) in [5.74, 6) is -0.846. The molecule has 1 N–H and O–H groups in total. The maximum atomic E-state index is 10.8. The Bertz CT molecular complexity index is 472. The average Bonchev–Trinajstić information content (AvgIpc) is 2.48. The maximum Gasteiger partial charge on any atom is 0.345 e. The first-order valence-corrected chi connectivity index (χ1v) is 5.13. The molecule has 1 heterocycles. The summed E-state index contributed by atoms with van der Waals surface area (Å²) in [6.07, 6.45) is 0. The molecule has 0 amide bonds. The summed E-state index contributed by atoms with van der Waals surface area (Å²) in [6.45, 7) is 4.07. The molecule has 2 aromatic rings. The molecule has 0 saturated carbocycles. The van der Waals surface area contributed by atoms with Crippen molar-refractivity contribution in [1.82, 2.24) is 0 Å². The SMILES string of the molecule is Cc1cc2cc(C(=O)O)sc2cc1C. The minimum atomic E-state index is -0.846. The van der Waals surface area contributed by atoms with E-state index < -0.39 is 5.97 Å². The first-order valence-electron chi connectivity index (χ1n) is 4.32. The lowest BCUT2D eigenvalue weighted by Gasteiger charge is -1.97. The van der Waals surface area contributed by atoms with Crippen LogP contribution in [0.25, 0.3) is 10.1 Å². The van der Waals surface area contributed by atoms with E-state index in [1.807, 2.05) is 26.0 Å². The van der Waals surface area contributed by atoms with Gasteiger partial charge in [0.1, 0.15) is 4.88 Å². The van der Waals surface area contributed by atoms with Gasteiger partial charge in [-0.05, 0) is 42.5 Å². The number of carboxylic acids is 1. The molecule has 0 aliphatic carbocycles. The van der Waals surface area contributed by atoms with Crippen molar-refractivity contribution >= 4 is 27.4 Å². The van der Waals surface area contributed by atoms with Crippen LogP contribution < -0.4 is 0 Å². The first kappa shape index (κ1) is 9.21. The molecule has 0 aliphatic heterocycles. The largest absolute Gasteiger partial charge is 0.477 e. The van der Waals surface area contributed by atoms with E-state index in [4.69, 9.17) is 5.11 Å². The van der Waals surface area contributed by atoms with Gasteiger partial charge < -0.3 is 5.11 Å². The Morgan fingerprint density at radius 1 is 1.21 bits per heavy atom. The van der Waals surface area contributed by atoms with Gasteiger partial charge in [-0.2, -0.15) is 0 Å². The molecule has 14 heavy (non-hydrogen) atoms. The second kappa shape index (κ2) is 3.10. The summed E-state index contributed by atoms with van der Waals surface area (Å²) >= 11 is 1.33. The highest BCUT2D eigenvalue weighted by atomic mass is 32.1. The third-order valence-electron chi connectivity index (χ3n) is 2.34. The van der Waals surface area contributed by atoms with Crippen molar-refractivity contribution in [2.24, 2.45) is 0 Å². The fraction of sp³-hybridized carbons (Fsp3) is 0.182. The van der Waals surface area contributed by atoms with Gasteiger partial charge in [0, 0.05) is 4.70 Å². The van der Waals surface area contributed by atoms with Crippen LogP contribution in [0.5, 0.6) is 0 Å². The normalized spacial score (nSPS) is 10.7. The van der Waals surface area contributed by atoms with Gasteiger partial charge in [-0.1, -0.05) is 6.07 Å². The van der Waals surface area contributed by atoms with E-state index in [9.17, 15) is 4.79 Å². The van der Waals surface area contributed by atoms with E-state index in [0.717, 1.165) is 10.1 Å². The van der Waals surface area contributed by atoms with Crippen LogP contribution in [0.1, 0.15) is 20.8 Å². The summed E-state index contributed by atoms with van der Waals surface area (Å²) in [5, 5.41) is 9.86. The zero-order chi connectivity index (χ0) is 10.3. The molecule has 1 aromatic carbocycles. The Morgan fingerprint density at radius 2 is 1.86 bits per heavy atom. The van der Waals surface area contributed by atoms with Gasteiger partial charge in [0.2, 0.25) is 0 Å². The van der Waals surface area contributed by atoms with Gasteiger partial charge in [-0.15, -0.1) is 11.3 Å². The Morgan fingerprint density at radius 3 is 2.50 bits per heavy atom. The fourth-order valence-electron chi connectivity index (χ4n) is 1.41. The summed E-state index contributed by atoms with van der Waals surface area (Å²) in [7, 11) is 0. The van der Waals surface area contributed by atoms with E-state index >= 15 is 0 Å². The quantitative estimate of drug-likeness (QED) is 0.777. The van der Waals surface area contributed by atoms with Crippen molar-refractivity contribution < 1.29 is 9.90 Å². The number of hydrogen-bond donors (Lipinski definition) is 1. The molecule has 0 radical (unpaired) electrons. The molecule has 3 heteroatoms. The highest BCUT2D eigenvalue weighted by Crippen LogP contribution is 2.28. The van der Waals surface area contributed by atoms with E-state index in [2.05, 4.69) is 0 Å². The molecule has 72 valence electrons. The molecule has 1 aromatic heterocycles. The van der Waals surface area contributed by atoms with Crippen LogP contribution in [0.15, 0.2) is 18.2 Å². The smallest absolute Gasteiger partial charge is 0.345 e. The van der Waals surface area contributed by atoms with Crippen LogP contribution in [0.2, 0.25) is 0 Å². The number of hydrogen-bond acceptors (Lipinski definition) is 2. The van der Waals surface area contributed by atoms with E-state index in [1.54, 1.807) is 6.07 Å². The van der Waals surface area contributed by atoms with E-state index in [1.165, 1.54) is 22.5 Å². The van der Waals surface area contributed by atoms with Gasteiger partial charge in [0.15, 0.2) is 0 Å². The number of aromatic carboxylic acids is 1. The maximum absolute atomic E-state index is 10.8. The number of benzene rings is 1. The Kier molecular flexibility index (Phi) is 2.04. The first-order chi connectivity index (χ1) is 6.58. The third kappa shape index (κ3) is 1.40. The minimum absolute atomic E-state index is 0.407. The monoisotopic (exact) mass is 206 g/mol. The van der Waals surface area contributed by atoms with Crippen molar-refractivity contribution in [2.75, 3.05) is 0 Å². The fourth-order valence-corrected chi connectivity index (χ4v) is 2.39. The van der Waals surface area contributed by atoms with Crippen LogP contribution in [0.4, 0.5) is 0 Å². The van der Waals surface area contributed by atoms with Crippen LogP contribution in [-0.2, 0) is 0 Å². The summed E-state index contributed by atoms with van der Waals surface area (Å²) in [6, 6.07) is 5.81. The molecular weight excluding hydrogens is 196 g/mol. The molecule has 2 rings (SSSR count). The third-order valence-corrected chi connectivity index (χ3v) is 3.43. The Hall–Kier alpha value is -1.35. The topological polar surface area (TPSA) is 37.3 Å². The van der Waals surface area contributed by atoms with Crippen LogP contribution >= 0.6 is 11.3 Å². The van der Waals surface area contributed by atoms with Crippen molar-refractivity contribution in [3.63, 3.8) is 0 Å². The van der Waals surface area contributed by atoms with Crippen LogP contribution in [0, 0.1) is 13.8 Å². The summed E-state index contributed by atoms with van der Waals surface area (Å²) in [5.41, 5.74) is 2.41. The Balaban J connectivity index is 2.72. The highest BCUT2D eigenvalue weighted by Gasteiger charge is 2.08. The van der Waals surface area contributed by atoms with Gasteiger partial charge in [-0.25, -0.2) is 4.79 Å². The number of fused-ring (bicyclic) bond motifs is 1. The molecule has 2 nitrogen and oxygen atoms in total. The lowest BCUT2D eigenvalue weighted by atomic mass is 10.1. The van der Waals surface area contributed by atoms with Crippen molar-refractivity contribution in [3.05, 3.63) is 34.2 Å². The average molecular weight is 206 g/mol. The van der Waals surface area contributed by atoms with Gasteiger partial charge in [0.25, 0.3) is 0 Å². The summed E-state index contributed by atoms with van der Waals surface area (Å²) in [4.78, 5) is 11.2. The van der Waals surface area contributed by atoms with Crippen molar-refractivity contribution in [3.8, 4) is 0 Å². The van der Waals surface area contributed by atoms with Crippen LogP contribution in [-0.4, -0.2) is 11.1 Å². The Labute approximate surface area is 85.8 Å². The molecule has 0 saturated heterocycles. The predicted octanol–water partition coefficient (Wildman–Crippen LogP) is 3.22. The molecule has 0 fully saturated rings. The second-order valence-electron chi connectivity index (χ2n) is 3.39. The number of aryl methyl sites for hydroxylation is 2. The second-order valence-corrected chi connectivity index (χ2v) is 4.47. The zero-order valence-electron chi connectivity index (χ0n) is 8.00. The van der Waals surface area contributed by atoms with Crippen molar-refractivity contribution in [2.45, 2.75) is 13.8 Å². The lowest BCUT2D eigenvalue weighted by Crippen LogP contribution is -1.89. The number of thiophene rings is 1. The highest BCUT2D eigenvalue weighted by molar-refractivity contribution is 7.20. The number of carboxylic acid groups (broad SMARTS) is 1.